The van der Waals surface area contributed by atoms with Crippen LogP contribution >= 0.6 is 12.2 Å². The van der Waals surface area contributed by atoms with E-state index in [0.717, 1.165) is 25.9 Å². The molecular weight excluding hydrogens is 253 g/mol. The van der Waals surface area contributed by atoms with E-state index in [1.165, 1.54) is 12.1 Å². The molecule has 0 aliphatic carbocycles. The standard InChI is InChI=1S/C12H12FN3OS/c13-7-5-8(11(17)16-3-1-2-4-16)10-9(6-7)14-12(18)15-10/h5-6H,1-4H2,(H2,14,15,18). The number of carbonyl (C=O) groups is 1. The van der Waals surface area contributed by atoms with Crippen molar-refractivity contribution >= 4 is 29.2 Å². The molecule has 18 heavy (non-hydrogen) atoms. The molecule has 2 N–H and O–H groups in total. The lowest BCUT2D eigenvalue weighted by Gasteiger charge is -2.15. The smallest absolute Gasteiger partial charge is 0.256 e. The van der Waals surface area contributed by atoms with Gasteiger partial charge in [-0.25, -0.2) is 4.39 Å². The Kier molecular flexibility index (Phi) is 2.66. The molecule has 0 radical (unpaired) electrons. The fourth-order valence-electron chi connectivity index (χ4n) is 2.37. The lowest BCUT2D eigenvalue weighted by molar-refractivity contribution is 0.0794. The van der Waals surface area contributed by atoms with Gasteiger partial charge in [-0.2, -0.15) is 0 Å². The Bertz CT molecular complexity index is 670. The summed E-state index contributed by atoms with van der Waals surface area (Å²) in [4.78, 5) is 19.8. The number of halogens is 1. The molecule has 0 atom stereocenters. The number of fused-ring (bicyclic) bond motifs is 1. The van der Waals surface area contributed by atoms with Gasteiger partial charge in [-0.3, -0.25) is 4.79 Å². The molecule has 1 aliphatic heterocycles. The maximum Gasteiger partial charge on any atom is 0.256 e. The molecule has 6 heteroatoms. The fourth-order valence-corrected chi connectivity index (χ4v) is 2.58. The molecule has 0 saturated carbocycles. The number of aromatic nitrogens is 2. The van der Waals surface area contributed by atoms with E-state index in [9.17, 15) is 9.18 Å². The number of hydrogen-bond acceptors (Lipinski definition) is 2. The minimum absolute atomic E-state index is 0.137. The number of nitrogens with zero attached hydrogens (tertiary/aromatic N) is 1. The summed E-state index contributed by atoms with van der Waals surface area (Å²) in [7, 11) is 0. The topological polar surface area (TPSA) is 51.9 Å². The maximum atomic E-state index is 13.5. The minimum atomic E-state index is -0.435. The number of amides is 1. The molecule has 94 valence electrons. The summed E-state index contributed by atoms with van der Waals surface area (Å²) in [5, 5.41) is 0. The number of aromatic amines is 2. The Morgan fingerprint density at radius 3 is 2.72 bits per heavy atom. The van der Waals surface area contributed by atoms with Crippen molar-refractivity contribution < 1.29 is 9.18 Å². The summed E-state index contributed by atoms with van der Waals surface area (Å²) in [5.74, 6) is -0.572. The third-order valence-corrected chi connectivity index (χ3v) is 3.42. The zero-order valence-electron chi connectivity index (χ0n) is 9.62. The summed E-state index contributed by atoms with van der Waals surface area (Å²) in [6, 6.07) is 2.60. The number of benzene rings is 1. The Morgan fingerprint density at radius 2 is 2.00 bits per heavy atom. The molecule has 1 aliphatic rings. The monoisotopic (exact) mass is 265 g/mol. The average molecular weight is 265 g/mol. The van der Waals surface area contributed by atoms with Gasteiger partial charge in [0.05, 0.1) is 16.6 Å². The molecule has 1 aromatic carbocycles. The van der Waals surface area contributed by atoms with Crippen LogP contribution in [-0.4, -0.2) is 33.9 Å². The van der Waals surface area contributed by atoms with Crippen LogP contribution in [-0.2, 0) is 0 Å². The van der Waals surface area contributed by atoms with Crippen molar-refractivity contribution in [3.63, 3.8) is 0 Å². The quantitative estimate of drug-likeness (QED) is 0.779. The van der Waals surface area contributed by atoms with Gasteiger partial charge in [-0.05, 0) is 37.2 Å². The van der Waals surface area contributed by atoms with Crippen molar-refractivity contribution in [3.8, 4) is 0 Å². The van der Waals surface area contributed by atoms with Crippen LogP contribution in [0.3, 0.4) is 0 Å². The van der Waals surface area contributed by atoms with E-state index in [1.54, 1.807) is 4.90 Å². The van der Waals surface area contributed by atoms with Gasteiger partial charge in [0.15, 0.2) is 4.77 Å². The van der Waals surface area contributed by atoms with E-state index in [-0.39, 0.29) is 5.91 Å². The van der Waals surface area contributed by atoms with Crippen molar-refractivity contribution in [3.05, 3.63) is 28.3 Å². The summed E-state index contributed by atoms with van der Waals surface area (Å²) in [5.41, 5.74) is 1.46. The van der Waals surface area contributed by atoms with E-state index in [1.807, 2.05) is 0 Å². The predicted molar refractivity (Wildman–Crippen MR) is 68.6 cm³/mol. The van der Waals surface area contributed by atoms with E-state index in [2.05, 4.69) is 9.97 Å². The van der Waals surface area contributed by atoms with Gasteiger partial charge in [0.25, 0.3) is 5.91 Å². The highest BCUT2D eigenvalue weighted by atomic mass is 32.1. The van der Waals surface area contributed by atoms with Gasteiger partial charge in [0.1, 0.15) is 5.82 Å². The SMILES string of the molecule is O=C(c1cc(F)cc2[nH]c(=S)[nH]c12)N1CCCC1. The number of carbonyl (C=O) groups excluding carboxylic acids is 1. The average Bonchev–Trinajstić information content (AvgIpc) is 2.94. The number of nitrogens with one attached hydrogen (secondary N) is 2. The number of likely N-dealkylation sites (tertiary alicyclic amines) is 1. The Labute approximate surface area is 108 Å². The van der Waals surface area contributed by atoms with Gasteiger partial charge < -0.3 is 14.9 Å². The first-order valence-corrected chi connectivity index (χ1v) is 6.27. The maximum absolute atomic E-state index is 13.5. The van der Waals surface area contributed by atoms with Crippen molar-refractivity contribution in [1.29, 1.82) is 0 Å². The first-order valence-electron chi connectivity index (χ1n) is 5.86. The number of rotatable bonds is 1. The third kappa shape index (κ3) is 1.82. The Morgan fingerprint density at radius 1 is 1.28 bits per heavy atom. The van der Waals surface area contributed by atoms with Crippen molar-refractivity contribution in [2.45, 2.75) is 12.8 Å². The lowest BCUT2D eigenvalue weighted by atomic mass is 10.1. The normalized spacial score (nSPS) is 15.5. The van der Waals surface area contributed by atoms with Crippen molar-refractivity contribution in [1.82, 2.24) is 14.9 Å². The number of H-pyrrole nitrogens is 2. The van der Waals surface area contributed by atoms with E-state index >= 15 is 0 Å². The van der Waals surface area contributed by atoms with Crippen molar-refractivity contribution in [2.75, 3.05) is 13.1 Å². The molecule has 3 rings (SSSR count). The van der Waals surface area contributed by atoms with Crippen LogP contribution in [0.15, 0.2) is 12.1 Å². The second-order valence-electron chi connectivity index (χ2n) is 4.45. The van der Waals surface area contributed by atoms with Gasteiger partial charge in [-0.15, -0.1) is 0 Å². The molecule has 1 aromatic heterocycles. The van der Waals surface area contributed by atoms with Crippen molar-refractivity contribution in [2.24, 2.45) is 0 Å². The zero-order valence-corrected chi connectivity index (χ0v) is 10.4. The van der Waals surface area contributed by atoms with Crippen LogP contribution < -0.4 is 0 Å². The highest BCUT2D eigenvalue weighted by Crippen LogP contribution is 2.21. The van der Waals surface area contributed by atoms with E-state index < -0.39 is 5.82 Å². The van der Waals surface area contributed by atoms with Crippen LogP contribution in [0.25, 0.3) is 11.0 Å². The minimum Gasteiger partial charge on any atom is -0.339 e. The molecule has 0 unspecified atom stereocenters. The summed E-state index contributed by atoms with van der Waals surface area (Å²) >= 11 is 4.98. The highest BCUT2D eigenvalue weighted by Gasteiger charge is 2.22. The first-order chi connectivity index (χ1) is 8.65. The third-order valence-electron chi connectivity index (χ3n) is 3.21. The van der Waals surface area contributed by atoms with E-state index in [0.29, 0.717) is 21.4 Å². The summed E-state index contributed by atoms with van der Waals surface area (Å²) in [6.07, 6.45) is 2.01. The van der Waals surface area contributed by atoms with Crippen LogP contribution in [0.5, 0.6) is 0 Å². The molecule has 2 heterocycles. The Hall–Kier alpha value is -1.69. The van der Waals surface area contributed by atoms with Gasteiger partial charge in [0.2, 0.25) is 0 Å². The van der Waals surface area contributed by atoms with Gasteiger partial charge in [0, 0.05) is 13.1 Å². The highest BCUT2D eigenvalue weighted by molar-refractivity contribution is 7.71. The van der Waals surface area contributed by atoms with Crippen LogP contribution in [0, 0.1) is 10.6 Å². The Balaban J connectivity index is 2.14. The molecule has 1 saturated heterocycles. The van der Waals surface area contributed by atoms with Gasteiger partial charge in [-0.1, -0.05) is 0 Å². The zero-order chi connectivity index (χ0) is 12.7. The number of imidazole rings is 1. The molecular formula is C12H12FN3OS. The summed E-state index contributed by atoms with van der Waals surface area (Å²) < 4.78 is 13.9. The molecule has 0 spiro atoms. The summed E-state index contributed by atoms with van der Waals surface area (Å²) in [6.45, 7) is 1.48. The molecule has 1 amide bonds. The molecule has 0 bridgehead atoms. The van der Waals surface area contributed by atoms with Crippen LogP contribution in [0.1, 0.15) is 23.2 Å². The molecule has 4 nitrogen and oxygen atoms in total. The van der Waals surface area contributed by atoms with Crippen LogP contribution in [0.4, 0.5) is 4.39 Å². The van der Waals surface area contributed by atoms with E-state index in [4.69, 9.17) is 12.2 Å². The second-order valence-corrected chi connectivity index (χ2v) is 4.86. The predicted octanol–water partition coefficient (Wildman–Crippen LogP) is 2.60. The second kappa shape index (κ2) is 4.20. The van der Waals surface area contributed by atoms with Crippen LogP contribution in [0.2, 0.25) is 0 Å². The van der Waals surface area contributed by atoms with Gasteiger partial charge >= 0.3 is 0 Å². The number of hydrogen-bond donors (Lipinski definition) is 2. The first kappa shape index (κ1) is 11.4. The fraction of sp³-hybridized carbons (Fsp3) is 0.333. The lowest BCUT2D eigenvalue weighted by Crippen LogP contribution is -2.27. The molecule has 2 aromatic rings. The largest absolute Gasteiger partial charge is 0.339 e. The molecule has 1 fully saturated rings.